The van der Waals surface area contributed by atoms with Crippen LogP contribution < -0.4 is 5.32 Å². The molecule has 2 atom stereocenters. The van der Waals surface area contributed by atoms with E-state index in [4.69, 9.17) is 5.11 Å². The summed E-state index contributed by atoms with van der Waals surface area (Å²) in [7, 11) is 0. The molecule has 6 heteroatoms. The van der Waals surface area contributed by atoms with Crippen LogP contribution in [0.1, 0.15) is 18.5 Å². The van der Waals surface area contributed by atoms with E-state index in [1.807, 2.05) is 0 Å². The maximum absolute atomic E-state index is 12.0. The Morgan fingerprint density at radius 2 is 2.19 bits per heavy atom. The number of rotatable bonds is 4. The van der Waals surface area contributed by atoms with Gasteiger partial charge < -0.3 is 10.4 Å². The maximum atomic E-state index is 12.0. The van der Waals surface area contributed by atoms with Crippen molar-refractivity contribution in [2.75, 3.05) is 6.54 Å². The third-order valence-electron chi connectivity index (χ3n) is 2.18. The summed E-state index contributed by atoms with van der Waals surface area (Å²) in [6.07, 6.45) is -3.77. The van der Waals surface area contributed by atoms with Crippen LogP contribution in [0.4, 0.5) is 13.2 Å². The number of nitrogens with zero attached hydrogens (tertiary/aromatic N) is 1. The van der Waals surface area contributed by atoms with E-state index >= 15 is 0 Å². The van der Waals surface area contributed by atoms with E-state index in [2.05, 4.69) is 10.3 Å². The molecule has 0 aliphatic heterocycles. The highest BCUT2D eigenvalue weighted by Crippen LogP contribution is 2.20. The molecule has 90 valence electrons. The van der Waals surface area contributed by atoms with Gasteiger partial charge in [-0.05, 0) is 18.6 Å². The third kappa shape index (κ3) is 3.79. The minimum absolute atomic E-state index is 0.286. The molecule has 0 spiro atoms. The van der Waals surface area contributed by atoms with Crippen LogP contribution in [0.25, 0.3) is 0 Å². The quantitative estimate of drug-likeness (QED) is 0.832. The summed E-state index contributed by atoms with van der Waals surface area (Å²) in [5.41, 5.74) is 0.775. The van der Waals surface area contributed by atoms with Gasteiger partial charge in [0.25, 0.3) is 0 Å². The molecule has 1 heterocycles. The molecule has 0 saturated heterocycles. The number of hydrogen-bond donors (Lipinski definition) is 2. The second kappa shape index (κ2) is 5.27. The standard InChI is InChI=1S/C10H13F3N2O/c1-7(8-3-2-4-14-5-8)15-6-9(16)10(11,12)13/h2-5,7,9,15-16H,6H2,1H3/t7-,9?/m1/s1. The molecule has 2 N–H and O–H groups in total. The number of halogens is 3. The highest BCUT2D eigenvalue weighted by Gasteiger charge is 2.37. The van der Waals surface area contributed by atoms with Crippen molar-refractivity contribution in [3.05, 3.63) is 30.1 Å². The summed E-state index contributed by atoms with van der Waals surface area (Å²) >= 11 is 0. The van der Waals surface area contributed by atoms with Crippen LogP contribution in [0.5, 0.6) is 0 Å². The second-order valence-electron chi connectivity index (χ2n) is 3.47. The van der Waals surface area contributed by atoms with E-state index < -0.39 is 18.8 Å². The van der Waals surface area contributed by atoms with E-state index in [-0.39, 0.29) is 6.04 Å². The first-order chi connectivity index (χ1) is 7.41. The zero-order valence-corrected chi connectivity index (χ0v) is 8.70. The fraction of sp³-hybridized carbons (Fsp3) is 0.500. The predicted molar refractivity (Wildman–Crippen MR) is 52.7 cm³/mol. The molecule has 0 aliphatic carbocycles. The van der Waals surface area contributed by atoms with E-state index in [1.165, 1.54) is 0 Å². The number of nitrogens with one attached hydrogen (secondary N) is 1. The number of aliphatic hydroxyl groups is 1. The Balaban J connectivity index is 2.45. The van der Waals surface area contributed by atoms with E-state index in [9.17, 15) is 13.2 Å². The molecule has 1 unspecified atom stereocenters. The Labute approximate surface area is 91.3 Å². The Kier molecular flexibility index (Phi) is 4.26. The number of alkyl halides is 3. The fourth-order valence-electron chi connectivity index (χ4n) is 1.15. The number of pyridine rings is 1. The smallest absolute Gasteiger partial charge is 0.382 e. The zero-order chi connectivity index (χ0) is 12.2. The lowest BCUT2D eigenvalue weighted by atomic mass is 10.1. The van der Waals surface area contributed by atoms with Crippen molar-refractivity contribution in [2.24, 2.45) is 0 Å². The van der Waals surface area contributed by atoms with Crippen molar-refractivity contribution >= 4 is 0 Å². The lowest BCUT2D eigenvalue weighted by molar-refractivity contribution is -0.202. The minimum Gasteiger partial charge on any atom is -0.382 e. The lowest BCUT2D eigenvalue weighted by Gasteiger charge is -2.18. The van der Waals surface area contributed by atoms with Crippen LogP contribution >= 0.6 is 0 Å². The average Bonchev–Trinajstić information content (AvgIpc) is 2.25. The van der Waals surface area contributed by atoms with Crippen LogP contribution in [-0.2, 0) is 0 Å². The molecular weight excluding hydrogens is 221 g/mol. The van der Waals surface area contributed by atoms with Crippen molar-refractivity contribution < 1.29 is 18.3 Å². The molecule has 1 aromatic heterocycles. The van der Waals surface area contributed by atoms with Gasteiger partial charge in [0.1, 0.15) is 0 Å². The van der Waals surface area contributed by atoms with Gasteiger partial charge in [-0.2, -0.15) is 13.2 Å². The van der Waals surface area contributed by atoms with Gasteiger partial charge in [-0.15, -0.1) is 0 Å². The van der Waals surface area contributed by atoms with Gasteiger partial charge in [0.2, 0.25) is 0 Å². The van der Waals surface area contributed by atoms with E-state index in [1.54, 1.807) is 31.5 Å². The Hall–Kier alpha value is -1.14. The molecule has 0 aromatic carbocycles. The molecule has 16 heavy (non-hydrogen) atoms. The van der Waals surface area contributed by atoms with Crippen molar-refractivity contribution in [3.63, 3.8) is 0 Å². The molecular formula is C10H13F3N2O. The van der Waals surface area contributed by atoms with Gasteiger partial charge in [0.15, 0.2) is 6.10 Å². The summed E-state index contributed by atoms with van der Waals surface area (Å²) < 4.78 is 36.0. The summed E-state index contributed by atoms with van der Waals surface area (Å²) in [6, 6.07) is 3.17. The Bertz CT molecular complexity index is 316. The van der Waals surface area contributed by atoms with Crippen molar-refractivity contribution in [3.8, 4) is 0 Å². The number of aromatic nitrogens is 1. The first-order valence-electron chi connectivity index (χ1n) is 4.79. The van der Waals surface area contributed by atoms with Crippen LogP contribution in [0.3, 0.4) is 0 Å². The normalized spacial score (nSPS) is 15.8. The van der Waals surface area contributed by atoms with Gasteiger partial charge in [0, 0.05) is 25.0 Å². The predicted octanol–water partition coefficient (Wildman–Crippen LogP) is 1.66. The maximum Gasteiger partial charge on any atom is 0.415 e. The molecule has 0 saturated carbocycles. The fourth-order valence-corrected chi connectivity index (χ4v) is 1.15. The molecule has 1 aromatic rings. The Morgan fingerprint density at radius 1 is 1.50 bits per heavy atom. The molecule has 0 amide bonds. The molecule has 0 aliphatic rings. The largest absolute Gasteiger partial charge is 0.415 e. The average molecular weight is 234 g/mol. The topological polar surface area (TPSA) is 45.1 Å². The van der Waals surface area contributed by atoms with Crippen LogP contribution in [0, 0.1) is 0 Å². The van der Waals surface area contributed by atoms with Gasteiger partial charge in [-0.3, -0.25) is 4.98 Å². The van der Waals surface area contributed by atoms with Crippen molar-refractivity contribution in [1.82, 2.24) is 10.3 Å². The van der Waals surface area contributed by atoms with Gasteiger partial charge in [0.05, 0.1) is 0 Å². The van der Waals surface area contributed by atoms with Crippen LogP contribution in [0.2, 0.25) is 0 Å². The summed E-state index contributed by atoms with van der Waals surface area (Å²) in [5.74, 6) is 0. The lowest BCUT2D eigenvalue weighted by Crippen LogP contribution is -2.39. The summed E-state index contributed by atoms with van der Waals surface area (Å²) in [5, 5.41) is 11.4. The number of hydrogen-bond acceptors (Lipinski definition) is 3. The number of aliphatic hydroxyl groups excluding tert-OH is 1. The van der Waals surface area contributed by atoms with Crippen LogP contribution in [-0.4, -0.2) is 28.9 Å². The molecule has 1 rings (SSSR count). The highest BCUT2D eigenvalue weighted by atomic mass is 19.4. The van der Waals surface area contributed by atoms with E-state index in [0.717, 1.165) is 5.56 Å². The minimum atomic E-state index is -4.58. The summed E-state index contributed by atoms with van der Waals surface area (Å²) in [6.45, 7) is 1.18. The third-order valence-corrected chi connectivity index (χ3v) is 2.18. The van der Waals surface area contributed by atoms with Gasteiger partial charge in [-0.1, -0.05) is 6.07 Å². The van der Waals surface area contributed by atoms with Gasteiger partial charge in [-0.25, -0.2) is 0 Å². The van der Waals surface area contributed by atoms with E-state index in [0.29, 0.717) is 0 Å². The molecule has 0 bridgehead atoms. The molecule has 0 fully saturated rings. The van der Waals surface area contributed by atoms with Gasteiger partial charge >= 0.3 is 6.18 Å². The van der Waals surface area contributed by atoms with Crippen molar-refractivity contribution in [1.29, 1.82) is 0 Å². The Morgan fingerprint density at radius 3 is 2.69 bits per heavy atom. The van der Waals surface area contributed by atoms with Crippen LogP contribution in [0.15, 0.2) is 24.5 Å². The first-order valence-corrected chi connectivity index (χ1v) is 4.79. The zero-order valence-electron chi connectivity index (χ0n) is 8.70. The molecule has 0 radical (unpaired) electrons. The highest BCUT2D eigenvalue weighted by molar-refractivity contribution is 5.12. The second-order valence-corrected chi connectivity index (χ2v) is 3.47. The monoisotopic (exact) mass is 234 g/mol. The first kappa shape index (κ1) is 12.9. The SMILES string of the molecule is C[C@@H](NCC(O)C(F)(F)F)c1cccnc1. The van der Waals surface area contributed by atoms with Crippen molar-refractivity contribution in [2.45, 2.75) is 25.2 Å². The molecule has 3 nitrogen and oxygen atoms in total. The summed E-state index contributed by atoms with van der Waals surface area (Å²) in [4.78, 5) is 3.86.